The lowest BCUT2D eigenvalue weighted by Gasteiger charge is -2.35. The molecular formula is C22H25FN4O2. The van der Waals surface area contributed by atoms with Gasteiger partial charge in [0, 0.05) is 30.8 Å². The summed E-state index contributed by atoms with van der Waals surface area (Å²) < 4.78 is 18.5. The highest BCUT2D eigenvalue weighted by molar-refractivity contribution is 5.58. The lowest BCUT2D eigenvalue weighted by molar-refractivity contribution is 0.0928. The first-order chi connectivity index (χ1) is 14.0. The third-order valence-electron chi connectivity index (χ3n) is 5.47. The summed E-state index contributed by atoms with van der Waals surface area (Å²) in [6, 6.07) is 9.94. The first kappa shape index (κ1) is 19.5. The zero-order chi connectivity index (χ0) is 20.4. The zero-order valence-corrected chi connectivity index (χ0v) is 16.6. The standard InChI is InChI=1S/C22H25FN4O2/c1-14(2)21-25-22(29-26-21)17-7-10-24-19(13-17)27-11-8-16(9-12-27)20(28)15-3-5-18(23)6-4-15/h3-7,10,13-14,16,20,28H,8-9,11-12H2,1-2H3. The topological polar surface area (TPSA) is 75.3 Å². The normalized spacial score (nSPS) is 16.4. The van der Waals surface area contributed by atoms with Gasteiger partial charge in [-0.3, -0.25) is 0 Å². The van der Waals surface area contributed by atoms with Crippen LogP contribution < -0.4 is 4.90 Å². The third-order valence-corrected chi connectivity index (χ3v) is 5.47. The van der Waals surface area contributed by atoms with Crippen molar-refractivity contribution >= 4 is 5.82 Å². The van der Waals surface area contributed by atoms with Crippen molar-refractivity contribution in [1.29, 1.82) is 0 Å². The first-order valence-corrected chi connectivity index (χ1v) is 10.00. The van der Waals surface area contributed by atoms with Crippen molar-refractivity contribution in [2.24, 2.45) is 5.92 Å². The predicted octanol–water partition coefficient (Wildman–Crippen LogP) is 4.34. The van der Waals surface area contributed by atoms with E-state index in [1.807, 2.05) is 26.0 Å². The number of aromatic nitrogens is 3. The van der Waals surface area contributed by atoms with Crippen LogP contribution in [0.3, 0.4) is 0 Å². The van der Waals surface area contributed by atoms with Crippen LogP contribution in [0.1, 0.15) is 50.1 Å². The molecule has 1 N–H and O–H groups in total. The number of aliphatic hydroxyl groups excluding tert-OH is 1. The molecule has 1 fully saturated rings. The van der Waals surface area contributed by atoms with E-state index in [-0.39, 0.29) is 17.7 Å². The summed E-state index contributed by atoms with van der Waals surface area (Å²) >= 11 is 0. The molecule has 4 rings (SSSR count). The van der Waals surface area contributed by atoms with Gasteiger partial charge in [-0.25, -0.2) is 9.37 Å². The molecule has 0 spiro atoms. The van der Waals surface area contributed by atoms with E-state index >= 15 is 0 Å². The summed E-state index contributed by atoms with van der Waals surface area (Å²) in [5, 5.41) is 14.7. The molecule has 6 nitrogen and oxygen atoms in total. The van der Waals surface area contributed by atoms with Gasteiger partial charge < -0.3 is 14.5 Å². The molecule has 1 saturated heterocycles. The van der Waals surface area contributed by atoms with Gasteiger partial charge >= 0.3 is 0 Å². The number of piperidine rings is 1. The van der Waals surface area contributed by atoms with E-state index in [4.69, 9.17) is 4.52 Å². The highest BCUT2D eigenvalue weighted by Crippen LogP contribution is 2.33. The maximum absolute atomic E-state index is 13.1. The number of aliphatic hydroxyl groups is 1. The molecule has 1 aliphatic heterocycles. The van der Waals surface area contributed by atoms with Gasteiger partial charge in [-0.05, 0) is 48.6 Å². The van der Waals surface area contributed by atoms with Crippen LogP contribution in [-0.2, 0) is 0 Å². The van der Waals surface area contributed by atoms with Crippen molar-refractivity contribution in [2.45, 2.75) is 38.7 Å². The van der Waals surface area contributed by atoms with Crippen LogP contribution in [0.2, 0.25) is 0 Å². The molecule has 0 radical (unpaired) electrons. The number of pyridine rings is 1. The van der Waals surface area contributed by atoms with Crippen molar-refractivity contribution in [3.05, 3.63) is 59.8 Å². The fraction of sp³-hybridized carbons (Fsp3) is 0.409. The Morgan fingerprint density at radius 3 is 2.52 bits per heavy atom. The maximum Gasteiger partial charge on any atom is 0.258 e. The molecule has 1 aromatic carbocycles. The van der Waals surface area contributed by atoms with Gasteiger partial charge in [0.25, 0.3) is 5.89 Å². The Labute approximate surface area is 169 Å². The summed E-state index contributed by atoms with van der Waals surface area (Å²) in [5.41, 5.74) is 1.62. The van der Waals surface area contributed by atoms with Crippen molar-refractivity contribution in [1.82, 2.24) is 15.1 Å². The van der Waals surface area contributed by atoms with E-state index in [2.05, 4.69) is 20.0 Å². The van der Waals surface area contributed by atoms with Gasteiger partial charge in [-0.15, -0.1) is 0 Å². The lowest BCUT2D eigenvalue weighted by atomic mass is 9.87. The van der Waals surface area contributed by atoms with E-state index < -0.39 is 6.10 Å². The summed E-state index contributed by atoms with van der Waals surface area (Å²) in [7, 11) is 0. The Bertz CT molecular complexity index is 949. The van der Waals surface area contributed by atoms with Crippen LogP contribution in [0.4, 0.5) is 10.2 Å². The number of benzene rings is 1. The molecule has 152 valence electrons. The number of hydrogen-bond donors (Lipinski definition) is 1. The molecule has 0 amide bonds. The van der Waals surface area contributed by atoms with E-state index in [1.54, 1.807) is 18.3 Å². The first-order valence-electron chi connectivity index (χ1n) is 10.00. The fourth-order valence-corrected chi connectivity index (χ4v) is 3.69. The van der Waals surface area contributed by atoms with Crippen LogP contribution in [0.15, 0.2) is 47.1 Å². The van der Waals surface area contributed by atoms with Crippen LogP contribution in [0.5, 0.6) is 0 Å². The Hall–Kier alpha value is -2.80. The minimum absolute atomic E-state index is 0.143. The number of halogens is 1. The van der Waals surface area contributed by atoms with Crippen molar-refractivity contribution in [3.8, 4) is 11.5 Å². The SMILES string of the molecule is CC(C)c1noc(-c2ccnc(N3CCC(C(O)c4ccc(F)cc4)CC3)c2)n1. The second kappa shape index (κ2) is 8.29. The van der Waals surface area contributed by atoms with Gasteiger partial charge in [0.05, 0.1) is 6.10 Å². The number of nitrogens with zero attached hydrogens (tertiary/aromatic N) is 4. The second-order valence-corrected chi connectivity index (χ2v) is 7.84. The number of anilines is 1. The van der Waals surface area contributed by atoms with E-state index in [9.17, 15) is 9.50 Å². The molecule has 0 saturated carbocycles. The Kier molecular flexibility index (Phi) is 5.58. The molecule has 2 aromatic heterocycles. The molecule has 0 bridgehead atoms. The molecule has 1 aliphatic rings. The highest BCUT2D eigenvalue weighted by Gasteiger charge is 2.27. The molecule has 7 heteroatoms. The Balaban J connectivity index is 1.42. The lowest BCUT2D eigenvalue weighted by Crippen LogP contribution is -2.36. The van der Waals surface area contributed by atoms with Gasteiger partial charge in [0.1, 0.15) is 11.6 Å². The molecule has 1 atom stereocenters. The molecule has 3 heterocycles. The molecule has 0 aliphatic carbocycles. The third kappa shape index (κ3) is 4.29. The fourth-order valence-electron chi connectivity index (χ4n) is 3.69. The Morgan fingerprint density at radius 2 is 1.86 bits per heavy atom. The van der Waals surface area contributed by atoms with E-state index in [1.165, 1.54) is 12.1 Å². The summed E-state index contributed by atoms with van der Waals surface area (Å²) in [5.74, 6) is 2.11. The van der Waals surface area contributed by atoms with Gasteiger partial charge in [-0.1, -0.05) is 31.1 Å². The van der Waals surface area contributed by atoms with Gasteiger partial charge in [0.15, 0.2) is 5.82 Å². The van der Waals surface area contributed by atoms with Gasteiger partial charge in [-0.2, -0.15) is 4.98 Å². The summed E-state index contributed by atoms with van der Waals surface area (Å²) in [4.78, 5) is 11.2. The predicted molar refractivity (Wildman–Crippen MR) is 108 cm³/mol. The van der Waals surface area contributed by atoms with Crippen LogP contribution >= 0.6 is 0 Å². The molecule has 29 heavy (non-hydrogen) atoms. The average molecular weight is 396 g/mol. The number of rotatable bonds is 5. The monoisotopic (exact) mass is 396 g/mol. The quantitative estimate of drug-likeness (QED) is 0.691. The van der Waals surface area contributed by atoms with Crippen LogP contribution in [0, 0.1) is 11.7 Å². The van der Waals surface area contributed by atoms with Crippen molar-refractivity contribution < 1.29 is 14.0 Å². The molecule has 3 aromatic rings. The Morgan fingerprint density at radius 1 is 1.14 bits per heavy atom. The summed E-state index contributed by atoms with van der Waals surface area (Å²) in [6.07, 6.45) is 2.85. The molecular weight excluding hydrogens is 371 g/mol. The largest absolute Gasteiger partial charge is 0.388 e. The van der Waals surface area contributed by atoms with Crippen LogP contribution in [0.25, 0.3) is 11.5 Å². The van der Waals surface area contributed by atoms with Gasteiger partial charge in [0.2, 0.25) is 0 Å². The maximum atomic E-state index is 13.1. The number of hydrogen-bond acceptors (Lipinski definition) is 6. The summed E-state index contributed by atoms with van der Waals surface area (Å²) in [6.45, 7) is 5.63. The smallest absolute Gasteiger partial charge is 0.258 e. The van der Waals surface area contributed by atoms with E-state index in [0.29, 0.717) is 11.7 Å². The van der Waals surface area contributed by atoms with Crippen LogP contribution in [-0.4, -0.2) is 33.3 Å². The zero-order valence-electron chi connectivity index (χ0n) is 16.6. The highest BCUT2D eigenvalue weighted by atomic mass is 19.1. The molecule has 1 unspecified atom stereocenters. The van der Waals surface area contributed by atoms with Crippen molar-refractivity contribution in [3.63, 3.8) is 0 Å². The second-order valence-electron chi connectivity index (χ2n) is 7.84. The van der Waals surface area contributed by atoms with E-state index in [0.717, 1.165) is 42.9 Å². The van der Waals surface area contributed by atoms with Crippen molar-refractivity contribution in [2.75, 3.05) is 18.0 Å². The average Bonchev–Trinajstić information content (AvgIpc) is 3.25. The minimum atomic E-state index is -0.579. The minimum Gasteiger partial charge on any atom is -0.388 e.